The van der Waals surface area contributed by atoms with E-state index in [1.54, 1.807) is 25.1 Å². The maximum Gasteiger partial charge on any atom is 0.416 e. The van der Waals surface area contributed by atoms with Crippen LogP contribution < -0.4 is 10.6 Å². The van der Waals surface area contributed by atoms with Gasteiger partial charge in [0.1, 0.15) is 5.82 Å². The molecular weight excluding hydrogens is 388 g/mol. The SMILES string of the molecule is CC(Cc1ccc(C(F)(F)F)cc1)NC(=O)NCC(CO)Cc1ccccc1F. The van der Waals surface area contributed by atoms with Gasteiger partial charge in [-0.1, -0.05) is 30.3 Å². The molecule has 29 heavy (non-hydrogen) atoms. The van der Waals surface area contributed by atoms with E-state index in [2.05, 4.69) is 10.6 Å². The van der Waals surface area contributed by atoms with Gasteiger partial charge in [0.15, 0.2) is 0 Å². The largest absolute Gasteiger partial charge is 0.416 e. The number of carbonyl (C=O) groups is 1. The minimum atomic E-state index is -4.38. The Kier molecular flexibility index (Phi) is 8.01. The van der Waals surface area contributed by atoms with Gasteiger partial charge in [0.05, 0.1) is 5.56 Å². The first-order valence-corrected chi connectivity index (χ1v) is 9.23. The zero-order chi connectivity index (χ0) is 21.4. The number of nitrogens with one attached hydrogen (secondary N) is 2. The number of hydrogen-bond donors (Lipinski definition) is 3. The van der Waals surface area contributed by atoms with E-state index in [1.165, 1.54) is 18.2 Å². The molecule has 0 aliphatic heterocycles. The predicted molar refractivity (Wildman–Crippen MR) is 102 cm³/mol. The molecule has 8 heteroatoms. The molecule has 0 radical (unpaired) electrons. The molecule has 0 saturated heterocycles. The molecule has 2 atom stereocenters. The lowest BCUT2D eigenvalue weighted by Gasteiger charge is -2.18. The van der Waals surface area contributed by atoms with Gasteiger partial charge in [-0.3, -0.25) is 0 Å². The lowest BCUT2D eigenvalue weighted by molar-refractivity contribution is -0.137. The number of alkyl halides is 3. The highest BCUT2D eigenvalue weighted by atomic mass is 19.4. The Morgan fingerprint density at radius 1 is 1.07 bits per heavy atom. The molecule has 0 bridgehead atoms. The summed E-state index contributed by atoms with van der Waals surface area (Å²) in [5, 5.41) is 14.8. The van der Waals surface area contributed by atoms with Crippen LogP contribution in [-0.4, -0.2) is 30.3 Å². The third kappa shape index (κ3) is 7.38. The summed E-state index contributed by atoms with van der Waals surface area (Å²) in [6, 6.07) is 10.3. The molecule has 158 valence electrons. The summed E-state index contributed by atoms with van der Waals surface area (Å²) >= 11 is 0. The van der Waals surface area contributed by atoms with Crippen molar-refractivity contribution in [2.45, 2.75) is 32.0 Å². The lowest BCUT2D eigenvalue weighted by atomic mass is 9.99. The van der Waals surface area contributed by atoms with Crippen LogP contribution >= 0.6 is 0 Å². The normalized spacial score (nSPS) is 13.6. The van der Waals surface area contributed by atoms with Gasteiger partial charge >= 0.3 is 12.2 Å². The van der Waals surface area contributed by atoms with Gasteiger partial charge < -0.3 is 15.7 Å². The monoisotopic (exact) mass is 412 g/mol. The minimum Gasteiger partial charge on any atom is -0.396 e. The van der Waals surface area contributed by atoms with Crippen molar-refractivity contribution in [3.8, 4) is 0 Å². The summed E-state index contributed by atoms with van der Waals surface area (Å²) in [5.74, 6) is -0.705. The Morgan fingerprint density at radius 2 is 1.72 bits per heavy atom. The Balaban J connectivity index is 1.79. The minimum absolute atomic E-state index is 0.156. The van der Waals surface area contributed by atoms with Gasteiger partial charge in [-0.05, 0) is 49.1 Å². The molecule has 2 unspecified atom stereocenters. The average Bonchev–Trinajstić information content (AvgIpc) is 2.66. The number of aliphatic hydroxyl groups is 1. The van der Waals surface area contributed by atoms with Crippen LogP contribution in [0, 0.1) is 11.7 Å². The van der Waals surface area contributed by atoms with E-state index in [-0.39, 0.29) is 37.3 Å². The number of benzene rings is 2. The highest BCUT2D eigenvalue weighted by Gasteiger charge is 2.29. The van der Waals surface area contributed by atoms with Gasteiger partial charge in [0.25, 0.3) is 0 Å². The van der Waals surface area contributed by atoms with Crippen LogP contribution in [0.15, 0.2) is 48.5 Å². The number of hydrogen-bond acceptors (Lipinski definition) is 2. The maximum absolute atomic E-state index is 13.7. The van der Waals surface area contributed by atoms with Gasteiger partial charge in [0.2, 0.25) is 0 Å². The fourth-order valence-electron chi connectivity index (χ4n) is 2.92. The molecule has 4 nitrogen and oxygen atoms in total. The van der Waals surface area contributed by atoms with Crippen molar-refractivity contribution in [1.29, 1.82) is 0 Å². The van der Waals surface area contributed by atoms with Crippen LogP contribution in [0.4, 0.5) is 22.4 Å². The lowest BCUT2D eigenvalue weighted by Crippen LogP contribution is -2.44. The van der Waals surface area contributed by atoms with E-state index in [0.717, 1.165) is 12.1 Å². The molecule has 0 aromatic heterocycles. The van der Waals surface area contributed by atoms with Crippen molar-refractivity contribution < 1.29 is 27.5 Å². The maximum atomic E-state index is 13.7. The zero-order valence-corrected chi connectivity index (χ0v) is 16.0. The standard InChI is InChI=1S/C21H24F4N2O2/c1-14(10-15-6-8-18(9-7-15)21(23,24)25)27-20(29)26-12-16(13-28)11-17-4-2-3-5-19(17)22/h2-9,14,16,28H,10-13H2,1H3,(H2,26,27,29). The van der Waals surface area contributed by atoms with Crippen molar-refractivity contribution in [2.75, 3.05) is 13.2 Å². The summed E-state index contributed by atoms with van der Waals surface area (Å²) in [4.78, 5) is 12.0. The number of urea groups is 1. The first-order valence-electron chi connectivity index (χ1n) is 9.23. The Bertz CT molecular complexity index is 794. The summed E-state index contributed by atoms with van der Waals surface area (Å²) < 4.78 is 51.5. The van der Waals surface area contributed by atoms with Gasteiger partial charge in [0, 0.05) is 25.1 Å². The molecular formula is C21H24F4N2O2. The van der Waals surface area contributed by atoms with Crippen molar-refractivity contribution in [1.82, 2.24) is 10.6 Å². The number of carbonyl (C=O) groups excluding carboxylic acids is 1. The first kappa shape index (κ1) is 22.7. The molecule has 0 aliphatic rings. The predicted octanol–water partition coefficient (Wildman–Crippen LogP) is 3.93. The van der Waals surface area contributed by atoms with Crippen molar-refractivity contribution in [2.24, 2.45) is 5.92 Å². The summed E-state index contributed by atoms with van der Waals surface area (Å²) in [5.41, 5.74) is 0.410. The fourth-order valence-corrected chi connectivity index (χ4v) is 2.92. The second kappa shape index (κ2) is 10.2. The van der Waals surface area contributed by atoms with E-state index in [0.29, 0.717) is 17.5 Å². The van der Waals surface area contributed by atoms with Gasteiger partial charge in [-0.15, -0.1) is 0 Å². The van der Waals surface area contributed by atoms with Gasteiger partial charge in [-0.25, -0.2) is 9.18 Å². The molecule has 0 aliphatic carbocycles. The molecule has 2 rings (SSSR count). The molecule has 0 saturated carbocycles. The molecule has 2 aromatic carbocycles. The van der Waals surface area contributed by atoms with Crippen molar-refractivity contribution >= 4 is 6.03 Å². The van der Waals surface area contributed by atoms with Crippen molar-refractivity contribution in [3.05, 3.63) is 71.0 Å². The summed E-state index contributed by atoms with van der Waals surface area (Å²) in [7, 11) is 0. The summed E-state index contributed by atoms with van der Waals surface area (Å²) in [6.45, 7) is 1.68. The molecule has 2 amide bonds. The highest BCUT2D eigenvalue weighted by Crippen LogP contribution is 2.29. The second-order valence-electron chi connectivity index (χ2n) is 7.00. The van der Waals surface area contributed by atoms with Crippen LogP contribution in [0.2, 0.25) is 0 Å². The van der Waals surface area contributed by atoms with Crippen LogP contribution in [0.3, 0.4) is 0 Å². The van der Waals surface area contributed by atoms with Crippen LogP contribution in [-0.2, 0) is 19.0 Å². The van der Waals surface area contributed by atoms with Crippen molar-refractivity contribution in [3.63, 3.8) is 0 Å². The number of halogens is 4. The van der Waals surface area contributed by atoms with Crippen LogP contribution in [0.25, 0.3) is 0 Å². The number of aliphatic hydroxyl groups excluding tert-OH is 1. The summed E-state index contributed by atoms with van der Waals surface area (Å²) in [6.07, 6.45) is -3.73. The topological polar surface area (TPSA) is 61.4 Å². The first-order chi connectivity index (χ1) is 13.7. The third-order valence-corrected chi connectivity index (χ3v) is 4.48. The Morgan fingerprint density at radius 3 is 2.31 bits per heavy atom. The average molecular weight is 412 g/mol. The Hall–Kier alpha value is -2.61. The number of amides is 2. The Labute approximate surface area is 166 Å². The van der Waals surface area contributed by atoms with E-state index >= 15 is 0 Å². The van der Waals surface area contributed by atoms with E-state index in [4.69, 9.17) is 0 Å². The molecule has 0 fully saturated rings. The molecule has 0 spiro atoms. The highest BCUT2D eigenvalue weighted by molar-refractivity contribution is 5.74. The quantitative estimate of drug-likeness (QED) is 0.576. The van der Waals surface area contributed by atoms with Crippen LogP contribution in [0.1, 0.15) is 23.6 Å². The van der Waals surface area contributed by atoms with E-state index in [1.807, 2.05) is 0 Å². The molecule has 0 heterocycles. The molecule has 2 aromatic rings. The second-order valence-corrected chi connectivity index (χ2v) is 7.00. The van der Waals surface area contributed by atoms with Crippen LogP contribution in [0.5, 0.6) is 0 Å². The smallest absolute Gasteiger partial charge is 0.396 e. The third-order valence-electron chi connectivity index (χ3n) is 4.48. The van der Waals surface area contributed by atoms with Gasteiger partial charge in [-0.2, -0.15) is 13.2 Å². The van der Waals surface area contributed by atoms with E-state index in [9.17, 15) is 27.5 Å². The van der Waals surface area contributed by atoms with E-state index < -0.39 is 17.8 Å². The zero-order valence-electron chi connectivity index (χ0n) is 16.0. The fraction of sp³-hybridized carbons (Fsp3) is 0.381. The molecule has 3 N–H and O–H groups in total. The number of rotatable bonds is 8.